The van der Waals surface area contributed by atoms with Crippen molar-refractivity contribution in [2.24, 2.45) is 0 Å². The van der Waals surface area contributed by atoms with Gasteiger partial charge in [-0.2, -0.15) is 17.9 Å². The number of benzene rings is 3. The van der Waals surface area contributed by atoms with Gasteiger partial charge in [-0.25, -0.2) is 9.59 Å². The Bertz CT molecular complexity index is 1580. The van der Waals surface area contributed by atoms with Crippen LogP contribution in [0.5, 0.6) is 5.75 Å². The number of ether oxygens (including phenoxy) is 1. The molecule has 4 aromatic rings. The van der Waals surface area contributed by atoms with Crippen LogP contribution in [0.4, 0.5) is 13.2 Å². The van der Waals surface area contributed by atoms with Crippen LogP contribution in [-0.4, -0.2) is 58.8 Å². The Morgan fingerprint density at radius 1 is 0.976 bits per heavy atom. The minimum atomic E-state index is -4.49. The molecule has 5 rings (SSSR count). The molecular formula is C29H26ClF3N4O4. The molecule has 1 saturated heterocycles. The van der Waals surface area contributed by atoms with E-state index in [0.717, 1.165) is 55.1 Å². The molecule has 1 fully saturated rings. The van der Waals surface area contributed by atoms with Gasteiger partial charge < -0.3 is 14.1 Å². The fourth-order valence-corrected chi connectivity index (χ4v) is 4.62. The number of carbonyl (C=O) groups excluding carboxylic acids is 1. The second kappa shape index (κ2) is 11.9. The van der Waals surface area contributed by atoms with Crippen LogP contribution in [0.1, 0.15) is 27.0 Å². The molecule has 8 nitrogen and oxygen atoms in total. The van der Waals surface area contributed by atoms with Gasteiger partial charge >= 0.3 is 17.9 Å². The van der Waals surface area contributed by atoms with Gasteiger partial charge in [-0.3, -0.25) is 4.90 Å². The maximum atomic E-state index is 12.9. The second-order valence-electron chi connectivity index (χ2n) is 9.82. The molecule has 12 heteroatoms. The van der Waals surface area contributed by atoms with Gasteiger partial charge in [0.05, 0.1) is 17.7 Å². The number of aromatic nitrogens is 2. The fourth-order valence-electron chi connectivity index (χ4n) is 4.43. The van der Waals surface area contributed by atoms with Crippen molar-refractivity contribution in [1.29, 1.82) is 0 Å². The van der Waals surface area contributed by atoms with Crippen molar-refractivity contribution in [3.05, 3.63) is 105 Å². The predicted octanol–water partition coefficient (Wildman–Crippen LogP) is 5.19. The Kier molecular flexibility index (Phi) is 8.30. The number of hydrogen-bond donors (Lipinski definition) is 0. The molecule has 1 aromatic heterocycles. The number of esters is 1. The standard InChI is InChI=1S/C29H26ClF3N4O4/c1-35-12-14-36(15-13-35)17-19-2-4-21(5-3-19)27(38)40-25-11-10-24(30)16-22(25)18-37-28(39)41-26(34-37)20-6-8-23(9-7-20)29(31,32)33/h2-11,16H,12-15,17-18H2,1H3. The third-order valence-electron chi connectivity index (χ3n) is 6.80. The Morgan fingerprint density at radius 3 is 2.32 bits per heavy atom. The van der Waals surface area contributed by atoms with E-state index >= 15 is 0 Å². The highest BCUT2D eigenvalue weighted by molar-refractivity contribution is 6.30. The van der Waals surface area contributed by atoms with Crippen molar-refractivity contribution in [1.82, 2.24) is 19.6 Å². The van der Waals surface area contributed by atoms with E-state index < -0.39 is 23.5 Å². The zero-order valence-electron chi connectivity index (χ0n) is 22.0. The zero-order chi connectivity index (χ0) is 29.1. The first-order valence-electron chi connectivity index (χ1n) is 12.8. The molecule has 41 heavy (non-hydrogen) atoms. The summed E-state index contributed by atoms with van der Waals surface area (Å²) in [6.45, 7) is 4.65. The van der Waals surface area contributed by atoms with Crippen LogP contribution in [-0.2, 0) is 19.3 Å². The maximum Gasteiger partial charge on any atom is 0.437 e. The van der Waals surface area contributed by atoms with Crippen LogP contribution in [0, 0.1) is 0 Å². The molecule has 0 spiro atoms. The summed E-state index contributed by atoms with van der Waals surface area (Å²) in [5.41, 5.74) is 1.19. The molecule has 3 aromatic carbocycles. The molecule has 0 radical (unpaired) electrons. The molecule has 0 unspecified atom stereocenters. The van der Waals surface area contributed by atoms with Gasteiger partial charge in [-0.05, 0) is 67.2 Å². The normalized spacial score (nSPS) is 14.8. The zero-order valence-corrected chi connectivity index (χ0v) is 22.8. The Morgan fingerprint density at radius 2 is 1.66 bits per heavy atom. The van der Waals surface area contributed by atoms with Crippen molar-refractivity contribution < 1.29 is 27.1 Å². The van der Waals surface area contributed by atoms with Gasteiger partial charge in [0.2, 0.25) is 5.89 Å². The average Bonchev–Trinajstić information content (AvgIpc) is 3.31. The Balaban J connectivity index is 1.28. The van der Waals surface area contributed by atoms with Crippen LogP contribution in [0.2, 0.25) is 5.02 Å². The highest BCUT2D eigenvalue weighted by Crippen LogP contribution is 2.31. The quantitative estimate of drug-likeness (QED) is 0.218. The van der Waals surface area contributed by atoms with E-state index in [2.05, 4.69) is 21.9 Å². The van der Waals surface area contributed by atoms with E-state index in [9.17, 15) is 22.8 Å². The third-order valence-corrected chi connectivity index (χ3v) is 7.04. The number of nitrogens with zero attached hydrogens (tertiary/aromatic N) is 4. The van der Waals surface area contributed by atoms with Crippen molar-refractivity contribution in [3.63, 3.8) is 0 Å². The van der Waals surface area contributed by atoms with Crippen molar-refractivity contribution in [2.75, 3.05) is 33.2 Å². The van der Waals surface area contributed by atoms with E-state index in [-0.39, 0.29) is 23.7 Å². The highest BCUT2D eigenvalue weighted by atomic mass is 35.5. The molecule has 1 aliphatic heterocycles. The Labute approximate surface area is 238 Å². The number of halogens is 4. The number of carbonyl (C=O) groups is 1. The van der Waals surface area contributed by atoms with Crippen LogP contribution in [0.15, 0.2) is 75.9 Å². The molecular weight excluding hydrogens is 561 g/mol. The number of likely N-dealkylation sites (N-methyl/N-ethyl adjacent to an activating group) is 1. The van der Waals surface area contributed by atoms with Crippen LogP contribution in [0.3, 0.4) is 0 Å². The molecule has 0 saturated carbocycles. The van der Waals surface area contributed by atoms with Gasteiger partial charge in [0.15, 0.2) is 0 Å². The molecule has 0 atom stereocenters. The van der Waals surface area contributed by atoms with E-state index in [1.807, 2.05) is 12.1 Å². The summed E-state index contributed by atoms with van der Waals surface area (Å²) in [6.07, 6.45) is -4.49. The maximum absolute atomic E-state index is 12.9. The van der Waals surface area contributed by atoms with Gasteiger partial charge in [0.1, 0.15) is 5.75 Å². The van der Waals surface area contributed by atoms with E-state index in [1.54, 1.807) is 18.2 Å². The summed E-state index contributed by atoms with van der Waals surface area (Å²) >= 11 is 6.16. The van der Waals surface area contributed by atoms with Crippen LogP contribution < -0.4 is 10.5 Å². The largest absolute Gasteiger partial charge is 0.437 e. The lowest BCUT2D eigenvalue weighted by molar-refractivity contribution is -0.137. The van der Waals surface area contributed by atoms with Gasteiger partial charge in [-0.1, -0.05) is 23.7 Å². The van der Waals surface area contributed by atoms with Crippen molar-refractivity contribution >= 4 is 17.6 Å². The lowest BCUT2D eigenvalue weighted by Gasteiger charge is -2.32. The smallest absolute Gasteiger partial charge is 0.423 e. The number of rotatable bonds is 7. The van der Waals surface area contributed by atoms with Gasteiger partial charge in [0, 0.05) is 48.9 Å². The lowest BCUT2D eigenvalue weighted by Crippen LogP contribution is -2.43. The minimum Gasteiger partial charge on any atom is -0.423 e. The number of alkyl halides is 3. The SMILES string of the molecule is CN1CCN(Cc2ccc(C(=O)Oc3ccc(Cl)cc3Cn3nc(-c4ccc(C(F)(F)F)cc4)oc3=O)cc2)CC1. The van der Waals surface area contributed by atoms with Gasteiger partial charge in [0.25, 0.3) is 0 Å². The lowest BCUT2D eigenvalue weighted by atomic mass is 10.1. The number of hydrogen-bond acceptors (Lipinski definition) is 7. The summed E-state index contributed by atoms with van der Waals surface area (Å²) in [5, 5.41) is 4.44. The van der Waals surface area contributed by atoms with Crippen LogP contribution >= 0.6 is 11.6 Å². The van der Waals surface area contributed by atoms with E-state index in [4.69, 9.17) is 20.8 Å². The first-order valence-corrected chi connectivity index (χ1v) is 13.2. The second-order valence-corrected chi connectivity index (χ2v) is 10.3. The van der Waals surface area contributed by atoms with E-state index in [1.165, 1.54) is 24.3 Å². The first-order chi connectivity index (χ1) is 19.5. The number of piperazine rings is 1. The molecule has 0 amide bonds. The van der Waals surface area contributed by atoms with Crippen molar-refractivity contribution in [3.8, 4) is 17.2 Å². The highest BCUT2D eigenvalue weighted by Gasteiger charge is 2.30. The summed E-state index contributed by atoms with van der Waals surface area (Å²) in [5.74, 6) is -1.40. The summed E-state index contributed by atoms with van der Waals surface area (Å²) in [4.78, 5) is 30.1. The molecule has 0 aliphatic carbocycles. The molecule has 214 valence electrons. The summed E-state index contributed by atoms with van der Waals surface area (Å²) in [7, 11) is 2.11. The monoisotopic (exact) mass is 586 g/mol. The van der Waals surface area contributed by atoms with Crippen molar-refractivity contribution in [2.45, 2.75) is 19.3 Å². The summed E-state index contributed by atoms with van der Waals surface area (Å²) in [6, 6.07) is 15.9. The van der Waals surface area contributed by atoms with Crippen LogP contribution in [0.25, 0.3) is 11.5 Å². The predicted molar refractivity (Wildman–Crippen MR) is 146 cm³/mol. The Hall–Kier alpha value is -3.93. The fraction of sp³-hybridized carbons (Fsp3) is 0.276. The molecule has 0 N–H and O–H groups in total. The van der Waals surface area contributed by atoms with E-state index in [0.29, 0.717) is 16.1 Å². The molecule has 0 bridgehead atoms. The first kappa shape index (κ1) is 28.6. The topological polar surface area (TPSA) is 80.8 Å². The third kappa shape index (κ3) is 7.05. The minimum absolute atomic E-state index is 0.152. The molecule has 1 aliphatic rings. The average molecular weight is 587 g/mol. The van der Waals surface area contributed by atoms with Gasteiger partial charge in [-0.15, -0.1) is 5.10 Å². The summed E-state index contributed by atoms with van der Waals surface area (Å²) < 4.78 is 50.4. The molecule has 2 heterocycles.